The molecular weight excluding hydrogens is 272 g/mol. The van der Waals surface area contributed by atoms with Crippen molar-refractivity contribution in [2.75, 3.05) is 26.7 Å². The molecule has 4 nitrogen and oxygen atoms in total. The summed E-state index contributed by atoms with van der Waals surface area (Å²) >= 11 is 1.64. The number of amides is 1. The van der Waals surface area contributed by atoms with Gasteiger partial charge in [0.05, 0.1) is 18.0 Å². The maximum Gasteiger partial charge on any atom is 0.233 e. The number of nitrogens with zero attached hydrogens (tertiary/aromatic N) is 1. The molecule has 1 aromatic heterocycles. The zero-order valence-electron chi connectivity index (χ0n) is 12.1. The lowest BCUT2D eigenvalue weighted by Gasteiger charge is -2.19. The van der Waals surface area contributed by atoms with E-state index in [1.54, 1.807) is 18.4 Å². The van der Waals surface area contributed by atoms with Crippen LogP contribution >= 0.6 is 11.3 Å². The van der Waals surface area contributed by atoms with E-state index in [2.05, 4.69) is 35.0 Å². The number of aliphatic hydroxyl groups is 1. The van der Waals surface area contributed by atoms with Gasteiger partial charge in [0.2, 0.25) is 5.91 Å². The Morgan fingerprint density at radius 1 is 1.50 bits per heavy atom. The monoisotopic (exact) mass is 294 g/mol. The molecule has 0 saturated carbocycles. The average Bonchev–Trinajstić information content (AvgIpc) is 2.86. The summed E-state index contributed by atoms with van der Waals surface area (Å²) in [5.74, 6) is 5.99. The summed E-state index contributed by atoms with van der Waals surface area (Å²) < 4.78 is 0. The molecule has 0 aliphatic carbocycles. The summed E-state index contributed by atoms with van der Waals surface area (Å²) in [6.07, 6.45) is 1.53. The predicted molar refractivity (Wildman–Crippen MR) is 82.5 cm³/mol. The maximum absolute atomic E-state index is 11.5. The highest BCUT2D eigenvalue weighted by atomic mass is 32.1. The number of hydrogen-bond acceptors (Lipinski definition) is 4. The molecule has 0 unspecified atom stereocenters. The van der Waals surface area contributed by atoms with Crippen LogP contribution in [0.15, 0.2) is 12.1 Å². The zero-order chi connectivity index (χ0) is 14.8. The van der Waals surface area contributed by atoms with Gasteiger partial charge in [-0.05, 0) is 25.1 Å². The lowest BCUT2D eigenvalue weighted by molar-refractivity contribution is -0.121. The Balaban J connectivity index is 2.60. The van der Waals surface area contributed by atoms with Crippen LogP contribution in [0.5, 0.6) is 0 Å². The van der Waals surface area contributed by atoms with Crippen molar-refractivity contribution in [3.05, 3.63) is 21.9 Å². The number of carbonyl (C=O) groups excluding carboxylic acids is 1. The lowest BCUT2D eigenvalue weighted by Crippen LogP contribution is -2.35. The Labute approximate surface area is 124 Å². The molecular formula is C15H22N2O2S. The highest BCUT2D eigenvalue weighted by molar-refractivity contribution is 7.12. The normalized spacial score (nSPS) is 10.2. The Bertz CT molecular complexity index is 474. The zero-order valence-corrected chi connectivity index (χ0v) is 12.9. The molecule has 20 heavy (non-hydrogen) atoms. The van der Waals surface area contributed by atoms with Crippen molar-refractivity contribution in [1.82, 2.24) is 10.2 Å². The van der Waals surface area contributed by atoms with Crippen LogP contribution in [0.4, 0.5) is 0 Å². The van der Waals surface area contributed by atoms with Gasteiger partial charge < -0.3 is 10.4 Å². The van der Waals surface area contributed by atoms with Crippen molar-refractivity contribution < 1.29 is 9.90 Å². The van der Waals surface area contributed by atoms with E-state index in [1.807, 2.05) is 6.07 Å². The van der Waals surface area contributed by atoms with Crippen LogP contribution in [0.2, 0.25) is 0 Å². The van der Waals surface area contributed by atoms with Crippen LogP contribution in [0.25, 0.3) is 0 Å². The van der Waals surface area contributed by atoms with Crippen molar-refractivity contribution in [2.24, 2.45) is 0 Å². The van der Waals surface area contributed by atoms with E-state index in [0.717, 1.165) is 24.4 Å². The molecule has 0 saturated heterocycles. The van der Waals surface area contributed by atoms with Gasteiger partial charge in [-0.2, -0.15) is 0 Å². The Hall–Kier alpha value is -1.35. The standard InChI is InChI=1S/C15H22N2O2S/c1-3-9-17(12-15(19)16-2)11-14-8-7-13(20-14)6-4-5-10-18/h7-8,18H,3,5,9-12H2,1-2H3,(H,16,19). The first-order valence-corrected chi connectivity index (χ1v) is 7.62. The Kier molecular flexibility index (Phi) is 7.97. The number of carbonyl (C=O) groups is 1. The van der Waals surface area contributed by atoms with Gasteiger partial charge in [-0.1, -0.05) is 18.8 Å². The van der Waals surface area contributed by atoms with E-state index in [-0.39, 0.29) is 12.5 Å². The second-order valence-corrected chi connectivity index (χ2v) is 5.59. The third-order valence-electron chi connectivity index (χ3n) is 2.68. The largest absolute Gasteiger partial charge is 0.395 e. The van der Waals surface area contributed by atoms with Gasteiger partial charge in [0, 0.05) is 24.9 Å². The first-order valence-electron chi connectivity index (χ1n) is 6.81. The molecule has 0 bridgehead atoms. The molecule has 1 amide bonds. The molecule has 1 rings (SSSR count). The third kappa shape index (κ3) is 6.20. The number of likely N-dealkylation sites (N-methyl/N-ethyl adjacent to an activating group) is 1. The van der Waals surface area contributed by atoms with Crippen molar-refractivity contribution in [3.8, 4) is 11.8 Å². The lowest BCUT2D eigenvalue weighted by atomic mass is 10.3. The van der Waals surface area contributed by atoms with Gasteiger partial charge in [-0.25, -0.2) is 0 Å². The molecule has 0 fully saturated rings. The Morgan fingerprint density at radius 3 is 2.95 bits per heavy atom. The molecule has 1 aromatic rings. The van der Waals surface area contributed by atoms with E-state index in [1.165, 1.54) is 4.88 Å². The molecule has 0 atom stereocenters. The number of nitrogens with one attached hydrogen (secondary N) is 1. The number of thiophene rings is 1. The van der Waals surface area contributed by atoms with E-state index < -0.39 is 0 Å². The minimum absolute atomic E-state index is 0.0398. The van der Waals surface area contributed by atoms with Crippen molar-refractivity contribution in [2.45, 2.75) is 26.3 Å². The van der Waals surface area contributed by atoms with Gasteiger partial charge in [0.1, 0.15) is 0 Å². The molecule has 0 radical (unpaired) electrons. The van der Waals surface area contributed by atoms with Crippen LogP contribution in [0.1, 0.15) is 29.5 Å². The van der Waals surface area contributed by atoms with Gasteiger partial charge in [0.25, 0.3) is 0 Å². The summed E-state index contributed by atoms with van der Waals surface area (Å²) in [5.41, 5.74) is 0. The van der Waals surface area contributed by atoms with Gasteiger partial charge >= 0.3 is 0 Å². The second-order valence-electron chi connectivity index (χ2n) is 4.43. The van der Waals surface area contributed by atoms with Crippen LogP contribution < -0.4 is 5.32 Å². The molecule has 5 heteroatoms. The fourth-order valence-corrected chi connectivity index (χ4v) is 2.69. The summed E-state index contributed by atoms with van der Waals surface area (Å²) in [5, 5.41) is 11.3. The van der Waals surface area contributed by atoms with E-state index in [9.17, 15) is 4.79 Å². The molecule has 110 valence electrons. The van der Waals surface area contributed by atoms with E-state index in [4.69, 9.17) is 5.11 Å². The van der Waals surface area contributed by atoms with Gasteiger partial charge in [-0.15, -0.1) is 11.3 Å². The van der Waals surface area contributed by atoms with Crippen LogP contribution in [-0.4, -0.2) is 42.7 Å². The maximum atomic E-state index is 11.5. The van der Waals surface area contributed by atoms with Crippen molar-refractivity contribution in [1.29, 1.82) is 0 Å². The molecule has 1 heterocycles. The molecule has 0 aromatic carbocycles. The second kappa shape index (κ2) is 9.54. The van der Waals surface area contributed by atoms with Gasteiger partial charge in [-0.3, -0.25) is 9.69 Å². The minimum atomic E-state index is 0.0398. The number of rotatable bonds is 7. The Morgan fingerprint density at radius 2 is 2.30 bits per heavy atom. The predicted octanol–water partition coefficient (Wildman–Crippen LogP) is 1.44. The highest BCUT2D eigenvalue weighted by Gasteiger charge is 2.10. The fourth-order valence-electron chi connectivity index (χ4n) is 1.77. The summed E-state index contributed by atoms with van der Waals surface area (Å²) in [6.45, 7) is 4.30. The smallest absolute Gasteiger partial charge is 0.233 e. The van der Waals surface area contributed by atoms with Crippen LogP contribution in [0.3, 0.4) is 0 Å². The van der Waals surface area contributed by atoms with Crippen molar-refractivity contribution >= 4 is 17.2 Å². The first kappa shape index (κ1) is 16.7. The van der Waals surface area contributed by atoms with E-state index >= 15 is 0 Å². The number of aliphatic hydroxyl groups excluding tert-OH is 1. The fraction of sp³-hybridized carbons (Fsp3) is 0.533. The number of hydrogen-bond donors (Lipinski definition) is 2. The highest BCUT2D eigenvalue weighted by Crippen LogP contribution is 2.17. The summed E-state index contributed by atoms with van der Waals surface area (Å²) in [6, 6.07) is 4.05. The third-order valence-corrected chi connectivity index (χ3v) is 3.66. The van der Waals surface area contributed by atoms with Crippen molar-refractivity contribution in [3.63, 3.8) is 0 Å². The summed E-state index contributed by atoms with van der Waals surface area (Å²) in [7, 11) is 1.66. The molecule has 0 spiro atoms. The molecule has 2 N–H and O–H groups in total. The quantitative estimate of drug-likeness (QED) is 0.748. The van der Waals surface area contributed by atoms with Crippen LogP contribution in [0, 0.1) is 11.8 Å². The average molecular weight is 294 g/mol. The molecule has 0 aliphatic rings. The topological polar surface area (TPSA) is 52.6 Å². The van der Waals surface area contributed by atoms with Gasteiger partial charge in [0.15, 0.2) is 0 Å². The minimum Gasteiger partial charge on any atom is -0.395 e. The molecule has 0 aliphatic heterocycles. The summed E-state index contributed by atoms with van der Waals surface area (Å²) in [4.78, 5) is 15.8. The van der Waals surface area contributed by atoms with E-state index in [0.29, 0.717) is 13.0 Å². The van der Waals surface area contributed by atoms with Crippen LogP contribution in [-0.2, 0) is 11.3 Å². The SMILES string of the molecule is CCCN(CC(=O)NC)Cc1ccc(C#CCCO)s1. The first-order chi connectivity index (χ1) is 9.69.